The predicted molar refractivity (Wildman–Crippen MR) is 159 cm³/mol. The highest BCUT2D eigenvalue weighted by atomic mass is 32.1. The number of aromatic nitrogens is 1. The summed E-state index contributed by atoms with van der Waals surface area (Å²) in [6.07, 6.45) is -7.01. The van der Waals surface area contributed by atoms with E-state index < -0.39 is 47.5 Å². The highest BCUT2D eigenvalue weighted by Crippen LogP contribution is 2.50. The van der Waals surface area contributed by atoms with Crippen molar-refractivity contribution in [3.63, 3.8) is 0 Å². The summed E-state index contributed by atoms with van der Waals surface area (Å²) in [5.41, 5.74) is -2.42. The number of halogens is 6. The molecule has 2 aromatic heterocycles. The number of rotatable bonds is 6. The first-order valence-corrected chi connectivity index (χ1v) is 16.0. The topological polar surface area (TPSA) is 75.2 Å². The summed E-state index contributed by atoms with van der Waals surface area (Å²) in [7, 11) is 0. The minimum absolute atomic E-state index is 0.0423. The maximum atomic E-state index is 14.1. The third-order valence-corrected chi connectivity index (χ3v) is 10.2. The van der Waals surface area contributed by atoms with Crippen molar-refractivity contribution in [2.24, 2.45) is 11.3 Å². The van der Waals surface area contributed by atoms with E-state index in [9.17, 15) is 35.9 Å². The van der Waals surface area contributed by atoms with Gasteiger partial charge in [-0.05, 0) is 52.0 Å². The average molecular weight is 675 g/mol. The monoisotopic (exact) mass is 674 g/mol. The molecule has 0 unspecified atom stereocenters. The second kappa shape index (κ2) is 11.3. The number of thiophene rings is 1. The molecule has 0 N–H and O–H groups in total. The lowest BCUT2D eigenvalue weighted by Gasteiger charge is -2.62. The molecule has 2 amide bonds. The lowest BCUT2D eigenvalue weighted by molar-refractivity contribution is -0.167. The number of carbonyl (C=O) groups is 2. The van der Waals surface area contributed by atoms with Crippen LogP contribution >= 0.6 is 11.3 Å². The molecular formula is C31H36F6N4O4S. The Balaban J connectivity index is 1.19. The van der Waals surface area contributed by atoms with Crippen molar-refractivity contribution in [2.45, 2.75) is 82.6 Å². The van der Waals surface area contributed by atoms with Gasteiger partial charge in [-0.15, -0.1) is 17.9 Å². The van der Waals surface area contributed by atoms with E-state index >= 15 is 0 Å². The van der Waals surface area contributed by atoms with Crippen LogP contribution in [0.2, 0.25) is 0 Å². The minimum atomic E-state index is -4.76. The number of ether oxygens (including phenoxy) is 2. The van der Waals surface area contributed by atoms with Crippen LogP contribution in [0, 0.1) is 11.3 Å². The Hall–Kier alpha value is -3.07. The number of hydrogen-bond acceptors (Lipinski definition) is 7. The van der Waals surface area contributed by atoms with Crippen molar-refractivity contribution in [1.29, 1.82) is 0 Å². The highest BCUT2D eigenvalue weighted by Gasteiger charge is 2.59. The van der Waals surface area contributed by atoms with E-state index in [-0.39, 0.29) is 57.8 Å². The Morgan fingerprint density at radius 1 is 1.11 bits per heavy atom. The van der Waals surface area contributed by atoms with Crippen LogP contribution in [-0.4, -0.2) is 89.5 Å². The SMILES string of the molecule is C=CCO[C@H]1C[C@H]2CC[C@@H]1N(C(=O)OC(C)(C)C)[C@H]2C(=O)N1CC2(C1)CN(c1c(C(F)(F)F)cnc3sc(CC(F)(F)F)cc13)C2. The lowest BCUT2D eigenvalue weighted by atomic mass is 9.69. The predicted octanol–water partition coefficient (Wildman–Crippen LogP) is 6.43. The third-order valence-electron chi connectivity index (χ3n) is 9.18. The highest BCUT2D eigenvalue weighted by molar-refractivity contribution is 7.18. The smallest absolute Gasteiger partial charge is 0.419 e. The molecule has 4 aliphatic heterocycles. The molecule has 5 aliphatic rings. The summed E-state index contributed by atoms with van der Waals surface area (Å²) >= 11 is 0.731. The van der Waals surface area contributed by atoms with Crippen molar-refractivity contribution in [3.05, 3.63) is 35.4 Å². The maximum Gasteiger partial charge on any atom is 0.419 e. The van der Waals surface area contributed by atoms with Crippen LogP contribution in [-0.2, 0) is 26.9 Å². The Morgan fingerprint density at radius 2 is 1.80 bits per heavy atom. The number of pyridine rings is 1. The Bertz CT molecular complexity index is 1520. The number of fused-ring (bicyclic) bond motifs is 4. The summed E-state index contributed by atoms with van der Waals surface area (Å²) in [6.45, 7) is 10.3. The van der Waals surface area contributed by atoms with Crippen molar-refractivity contribution in [3.8, 4) is 0 Å². The van der Waals surface area contributed by atoms with E-state index in [4.69, 9.17) is 9.47 Å². The van der Waals surface area contributed by atoms with Gasteiger partial charge in [0.05, 0.1) is 36.4 Å². The first-order valence-electron chi connectivity index (χ1n) is 15.2. The maximum absolute atomic E-state index is 14.1. The molecule has 7 rings (SSSR count). The zero-order chi connectivity index (χ0) is 33.4. The van der Waals surface area contributed by atoms with Gasteiger partial charge >= 0.3 is 18.4 Å². The third kappa shape index (κ3) is 6.16. The van der Waals surface area contributed by atoms with Gasteiger partial charge in [-0.2, -0.15) is 26.3 Å². The fourth-order valence-corrected chi connectivity index (χ4v) is 8.56. The van der Waals surface area contributed by atoms with Crippen LogP contribution in [0.1, 0.15) is 50.5 Å². The number of amides is 2. The zero-order valence-electron chi connectivity index (χ0n) is 25.7. The molecule has 46 heavy (non-hydrogen) atoms. The fraction of sp³-hybridized carbons (Fsp3) is 0.645. The van der Waals surface area contributed by atoms with Crippen LogP contribution in [0.3, 0.4) is 0 Å². The molecule has 1 aliphatic carbocycles. The molecule has 4 atom stereocenters. The molecule has 1 saturated carbocycles. The molecule has 5 fully saturated rings. The number of anilines is 1. The summed E-state index contributed by atoms with van der Waals surface area (Å²) in [4.78, 5) is 36.0. The van der Waals surface area contributed by atoms with Gasteiger partial charge in [0.2, 0.25) is 5.91 Å². The van der Waals surface area contributed by atoms with Crippen LogP contribution in [0.25, 0.3) is 10.2 Å². The molecular weight excluding hydrogens is 638 g/mol. The molecule has 0 aromatic carbocycles. The molecule has 6 heterocycles. The molecule has 0 radical (unpaired) electrons. The Labute approximate surface area is 266 Å². The van der Waals surface area contributed by atoms with Crippen LogP contribution < -0.4 is 4.90 Å². The lowest BCUT2D eigenvalue weighted by Crippen LogP contribution is -2.76. The van der Waals surface area contributed by atoms with Crippen molar-refractivity contribution < 1.29 is 45.4 Å². The number of nitrogens with zero attached hydrogens (tertiary/aromatic N) is 4. The largest absolute Gasteiger partial charge is 0.444 e. The van der Waals surface area contributed by atoms with Crippen molar-refractivity contribution in [2.75, 3.05) is 37.7 Å². The van der Waals surface area contributed by atoms with Crippen LogP contribution in [0.5, 0.6) is 0 Å². The first-order chi connectivity index (χ1) is 21.4. The number of carbonyl (C=O) groups excluding carboxylic acids is 2. The summed E-state index contributed by atoms with van der Waals surface area (Å²) in [5, 5.41) is 0.0423. The van der Waals surface area contributed by atoms with E-state index in [0.29, 0.717) is 38.7 Å². The van der Waals surface area contributed by atoms with Crippen molar-refractivity contribution in [1.82, 2.24) is 14.8 Å². The van der Waals surface area contributed by atoms with Gasteiger partial charge in [-0.1, -0.05) is 6.08 Å². The number of piperidine rings is 2. The number of likely N-dealkylation sites (tertiary alicyclic amines) is 1. The normalized spacial score (nSPS) is 25.9. The Kier molecular flexibility index (Phi) is 8.05. The van der Waals surface area contributed by atoms with E-state index in [0.717, 1.165) is 23.8 Å². The van der Waals surface area contributed by atoms with Gasteiger partial charge in [0, 0.05) is 48.1 Å². The van der Waals surface area contributed by atoms with Crippen LogP contribution in [0.15, 0.2) is 24.9 Å². The summed E-state index contributed by atoms with van der Waals surface area (Å²) in [5.74, 6) is -0.359. The van der Waals surface area contributed by atoms with Gasteiger partial charge in [-0.25, -0.2) is 9.78 Å². The second-order valence-electron chi connectivity index (χ2n) is 13.9. The first kappa shape index (κ1) is 32.9. The van der Waals surface area contributed by atoms with E-state index in [2.05, 4.69) is 11.6 Å². The molecule has 4 saturated heterocycles. The van der Waals surface area contributed by atoms with E-state index in [1.54, 1.807) is 31.7 Å². The average Bonchev–Trinajstić information content (AvgIpc) is 3.29. The van der Waals surface area contributed by atoms with Gasteiger partial charge in [0.25, 0.3) is 0 Å². The van der Waals surface area contributed by atoms with E-state index in [1.807, 2.05) is 0 Å². The number of hydrogen-bond donors (Lipinski definition) is 0. The zero-order valence-corrected chi connectivity index (χ0v) is 26.5. The van der Waals surface area contributed by atoms with Gasteiger partial charge < -0.3 is 19.3 Å². The van der Waals surface area contributed by atoms with Gasteiger partial charge in [-0.3, -0.25) is 9.69 Å². The van der Waals surface area contributed by atoms with Crippen molar-refractivity contribution >= 4 is 39.2 Å². The molecule has 252 valence electrons. The molecule has 8 nitrogen and oxygen atoms in total. The number of alkyl halides is 6. The molecule has 2 aromatic rings. The molecule has 2 bridgehead atoms. The summed E-state index contributed by atoms with van der Waals surface area (Å²) in [6, 6.07) is 0.0772. The van der Waals surface area contributed by atoms with Crippen LogP contribution in [0.4, 0.5) is 36.8 Å². The quantitative estimate of drug-likeness (QED) is 0.260. The van der Waals surface area contributed by atoms with Gasteiger partial charge in [0.15, 0.2) is 0 Å². The molecule has 1 spiro atoms. The fourth-order valence-electron chi connectivity index (χ4n) is 7.52. The Morgan fingerprint density at radius 3 is 2.41 bits per heavy atom. The minimum Gasteiger partial charge on any atom is -0.444 e. The standard InChI is InChI=1S/C31H36F6N4O4S/c1-5-8-44-22-9-17-6-7-21(22)41(27(43)45-28(2,3)4)23(17)26(42)40-15-29(16-40)13-39(14-29)24-19-10-18(11-30(32,33)34)46-25(19)38-12-20(24)31(35,36)37/h5,10,12,17,21-23H,1,6-9,11,13-16H2,2-4H3/t17-,21+,22+,23-/m1/s1. The summed E-state index contributed by atoms with van der Waals surface area (Å²) < 4.78 is 93.0. The van der Waals surface area contributed by atoms with Gasteiger partial charge in [0.1, 0.15) is 16.5 Å². The molecule has 15 heteroatoms. The van der Waals surface area contributed by atoms with E-state index in [1.165, 1.54) is 9.80 Å². The second-order valence-corrected chi connectivity index (χ2v) is 15.0.